The molecule has 2 amide bonds. The molecule has 1 aliphatic heterocycles. The van der Waals surface area contributed by atoms with Gasteiger partial charge in [0.2, 0.25) is 0 Å². The molecule has 0 aliphatic carbocycles. The Balaban J connectivity index is 1.43. The molecule has 0 fully saturated rings. The fourth-order valence-corrected chi connectivity index (χ4v) is 2.89. The summed E-state index contributed by atoms with van der Waals surface area (Å²) in [6.07, 6.45) is 2.41. The molecule has 134 valence electrons. The van der Waals surface area contributed by atoms with Crippen molar-refractivity contribution in [3.05, 3.63) is 59.7 Å². The highest BCUT2D eigenvalue weighted by molar-refractivity contribution is 7.98. The van der Waals surface area contributed by atoms with Crippen LogP contribution in [0.4, 0.5) is 0 Å². The Hall–Kier alpha value is -2.64. The highest BCUT2D eigenvalue weighted by atomic mass is 32.2. The van der Waals surface area contributed by atoms with E-state index in [1.54, 1.807) is 48.2 Å². The van der Waals surface area contributed by atoms with Crippen LogP contribution in [0.5, 0.6) is 5.75 Å². The summed E-state index contributed by atoms with van der Waals surface area (Å²) in [5, 5.41) is 0.747. The van der Waals surface area contributed by atoms with Crippen molar-refractivity contribution in [3.8, 4) is 5.75 Å². The second-order valence-corrected chi connectivity index (χ2v) is 6.42. The fourth-order valence-electron chi connectivity index (χ4n) is 2.48. The molecule has 0 radical (unpaired) electrons. The minimum atomic E-state index is -0.484. The van der Waals surface area contributed by atoms with E-state index in [1.807, 2.05) is 18.4 Å². The van der Waals surface area contributed by atoms with Crippen LogP contribution in [0.2, 0.25) is 0 Å². The summed E-state index contributed by atoms with van der Waals surface area (Å²) in [6.45, 7) is 0.0615. The SMILES string of the molecule is CSc1ccc(OC(=O)CCCON2C(=O)c3ccccc3C2=O)cc1. The summed E-state index contributed by atoms with van der Waals surface area (Å²) >= 11 is 1.60. The number of imide groups is 1. The average molecular weight is 371 g/mol. The van der Waals surface area contributed by atoms with Gasteiger partial charge in [0.25, 0.3) is 11.8 Å². The Bertz CT molecular complexity index is 799. The largest absolute Gasteiger partial charge is 0.427 e. The maximum atomic E-state index is 12.1. The molecule has 26 heavy (non-hydrogen) atoms. The van der Waals surface area contributed by atoms with Gasteiger partial charge in [-0.15, -0.1) is 16.8 Å². The Morgan fingerprint density at radius 2 is 1.62 bits per heavy atom. The van der Waals surface area contributed by atoms with Crippen LogP contribution in [0.3, 0.4) is 0 Å². The Morgan fingerprint density at radius 1 is 1.00 bits per heavy atom. The van der Waals surface area contributed by atoms with E-state index in [4.69, 9.17) is 9.57 Å². The fraction of sp³-hybridized carbons (Fsp3) is 0.211. The van der Waals surface area contributed by atoms with Crippen LogP contribution in [0.25, 0.3) is 0 Å². The quantitative estimate of drug-likeness (QED) is 0.244. The molecule has 0 saturated carbocycles. The lowest BCUT2D eigenvalue weighted by Crippen LogP contribution is -2.30. The Morgan fingerprint density at radius 3 is 2.19 bits per heavy atom. The molecule has 0 bridgehead atoms. The molecule has 0 spiro atoms. The third-order valence-corrected chi connectivity index (χ3v) is 4.54. The molecule has 2 aromatic rings. The number of benzene rings is 2. The lowest BCUT2D eigenvalue weighted by Gasteiger charge is -2.13. The van der Waals surface area contributed by atoms with Crippen molar-refractivity contribution in [3.63, 3.8) is 0 Å². The third-order valence-electron chi connectivity index (χ3n) is 3.79. The van der Waals surface area contributed by atoms with Gasteiger partial charge in [0.05, 0.1) is 17.7 Å². The maximum absolute atomic E-state index is 12.1. The number of nitrogens with zero attached hydrogens (tertiary/aromatic N) is 1. The summed E-state index contributed by atoms with van der Waals surface area (Å²) in [4.78, 5) is 42.4. The van der Waals surface area contributed by atoms with E-state index in [0.29, 0.717) is 23.3 Å². The van der Waals surface area contributed by atoms with Gasteiger partial charge in [0.1, 0.15) is 5.75 Å². The van der Waals surface area contributed by atoms with Crippen LogP contribution in [-0.2, 0) is 9.63 Å². The van der Waals surface area contributed by atoms with Crippen LogP contribution in [0, 0.1) is 0 Å². The number of thioether (sulfide) groups is 1. The zero-order valence-corrected chi connectivity index (χ0v) is 15.0. The number of esters is 1. The van der Waals surface area contributed by atoms with E-state index in [-0.39, 0.29) is 13.0 Å². The molecule has 0 unspecified atom stereocenters. The molecule has 2 aromatic carbocycles. The molecule has 0 aromatic heterocycles. The Kier molecular flexibility index (Phi) is 5.70. The minimum Gasteiger partial charge on any atom is -0.427 e. The molecular formula is C19H17NO5S. The number of amides is 2. The summed E-state index contributed by atoms with van der Waals surface area (Å²) in [6, 6.07) is 13.8. The molecule has 0 N–H and O–H groups in total. The second-order valence-electron chi connectivity index (χ2n) is 5.54. The number of hydrogen-bond donors (Lipinski definition) is 0. The van der Waals surface area contributed by atoms with Gasteiger partial charge in [-0.3, -0.25) is 19.2 Å². The van der Waals surface area contributed by atoms with E-state index in [1.165, 1.54) is 0 Å². The minimum absolute atomic E-state index is 0.0615. The highest BCUT2D eigenvalue weighted by Gasteiger charge is 2.36. The molecular weight excluding hydrogens is 354 g/mol. The second kappa shape index (κ2) is 8.16. The summed E-state index contributed by atoms with van der Waals surface area (Å²) in [7, 11) is 0. The number of ether oxygens (including phenoxy) is 1. The van der Waals surface area contributed by atoms with Gasteiger partial charge in [0.15, 0.2) is 0 Å². The number of fused-ring (bicyclic) bond motifs is 1. The number of carbonyl (C=O) groups excluding carboxylic acids is 3. The van der Waals surface area contributed by atoms with Crippen LogP contribution in [0.15, 0.2) is 53.4 Å². The molecule has 1 aliphatic rings. The van der Waals surface area contributed by atoms with Crippen molar-refractivity contribution in [2.75, 3.05) is 12.9 Å². The van der Waals surface area contributed by atoms with E-state index in [0.717, 1.165) is 9.96 Å². The normalized spacial score (nSPS) is 13.0. The van der Waals surface area contributed by atoms with Crippen molar-refractivity contribution >= 4 is 29.5 Å². The first-order valence-electron chi connectivity index (χ1n) is 8.05. The van der Waals surface area contributed by atoms with Crippen molar-refractivity contribution in [1.82, 2.24) is 5.06 Å². The van der Waals surface area contributed by atoms with Crippen molar-refractivity contribution in [2.45, 2.75) is 17.7 Å². The molecule has 0 atom stereocenters. The topological polar surface area (TPSA) is 72.9 Å². The number of hydroxylamine groups is 2. The van der Waals surface area contributed by atoms with Crippen LogP contribution < -0.4 is 4.74 Å². The molecule has 7 heteroatoms. The number of rotatable bonds is 7. The van der Waals surface area contributed by atoms with Crippen LogP contribution in [0.1, 0.15) is 33.6 Å². The lowest BCUT2D eigenvalue weighted by atomic mass is 10.1. The summed E-state index contributed by atoms with van der Waals surface area (Å²) in [5.74, 6) is -0.883. The predicted molar refractivity (Wildman–Crippen MR) is 96.0 cm³/mol. The summed E-state index contributed by atoms with van der Waals surface area (Å²) < 4.78 is 5.23. The summed E-state index contributed by atoms with van der Waals surface area (Å²) in [5.41, 5.74) is 0.649. The van der Waals surface area contributed by atoms with E-state index >= 15 is 0 Å². The van der Waals surface area contributed by atoms with Crippen molar-refractivity contribution < 1.29 is 24.0 Å². The van der Waals surface area contributed by atoms with Gasteiger partial charge in [-0.05, 0) is 49.1 Å². The van der Waals surface area contributed by atoms with Crippen LogP contribution >= 0.6 is 11.8 Å². The zero-order chi connectivity index (χ0) is 18.5. The Labute approximate surface area is 155 Å². The van der Waals surface area contributed by atoms with E-state index < -0.39 is 17.8 Å². The average Bonchev–Trinajstić information content (AvgIpc) is 2.91. The van der Waals surface area contributed by atoms with Gasteiger partial charge in [-0.1, -0.05) is 12.1 Å². The first-order valence-corrected chi connectivity index (χ1v) is 9.28. The van der Waals surface area contributed by atoms with Gasteiger partial charge in [-0.25, -0.2) is 0 Å². The standard InChI is InChI=1S/C19H17NO5S/c1-26-14-10-8-13(9-11-14)25-17(21)7-4-12-24-20-18(22)15-5-2-3-6-16(15)19(20)23/h2-3,5-6,8-11H,4,7,12H2,1H3. The maximum Gasteiger partial charge on any atom is 0.311 e. The lowest BCUT2D eigenvalue weighted by molar-refractivity contribution is -0.135. The zero-order valence-electron chi connectivity index (χ0n) is 14.1. The van der Waals surface area contributed by atoms with Gasteiger partial charge in [-0.2, -0.15) is 0 Å². The smallest absolute Gasteiger partial charge is 0.311 e. The molecule has 6 nitrogen and oxygen atoms in total. The molecule has 1 heterocycles. The van der Waals surface area contributed by atoms with Crippen molar-refractivity contribution in [2.24, 2.45) is 0 Å². The van der Waals surface area contributed by atoms with E-state index in [9.17, 15) is 14.4 Å². The molecule has 3 rings (SSSR count). The number of carbonyl (C=O) groups is 3. The van der Waals surface area contributed by atoms with E-state index in [2.05, 4.69) is 0 Å². The highest BCUT2D eigenvalue weighted by Crippen LogP contribution is 2.23. The first-order chi connectivity index (χ1) is 12.6. The monoisotopic (exact) mass is 371 g/mol. The molecule has 0 saturated heterocycles. The van der Waals surface area contributed by atoms with Gasteiger partial charge in [0, 0.05) is 11.3 Å². The number of hydrogen-bond acceptors (Lipinski definition) is 6. The van der Waals surface area contributed by atoms with Gasteiger partial charge >= 0.3 is 5.97 Å². The first kappa shape index (κ1) is 18.2. The predicted octanol–water partition coefficient (Wildman–Crippen LogP) is 3.32. The third kappa shape index (κ3) is 3.95. The van der Waals surface area contributed by atoms with Gasteiger partial charge < -0.3 is 4.74 Å². The van der Waals surface area contributed by atoms with Crippen molar-refractivity contribution in [1.29, 1.82) is 0 Å². The van der Waals surface area contributed by atoms with Crippen LogP contribution in [-0.4, -0.2) is 35.7 Å².